The van der Waals surface area contributed by atoms with Crippen LogP contribution in [0.1, 0.15) is 5.82 Å². The van der Waals surface area contributed by atoms with Crippen molar-refractivity contribution >= 4 is 10.4 Å². The Morgan fingerprint density at radius 2 is 2.08 bits per heavy atom. The van der Waals surface area contributed by atoms with Crippen LogP contribution in [0, 0.1) is 6.92 Å². The molecule has 0 saturated heterocycles. The van der Waals surface area contributed by atoms with Gasteiger partial charge < -0.3 is 4.55 Å². The van der Waals surface area contributed by atoms with Crippen molar-refractivity contribution in [2.75, 3.05) is 7.11 Å². The number of nitrogens with one attached hydrogen (secondary N) is 1. The minimum atomic E-state index is -4.41. The van der Waals surface area contributed by atoms with E-state index in [2.05, 4.69) is 9.17 Å². The summed E-state index contributed by atoms with van der Waals surface area (Å²) in [6.07, 6.45) is 3.89. The van der Waals surface area contributed by atoms with E-state index in [1.54, 1.807) is 0 Å². The summed E-state index contributed by atoms with van der Waals surface area (Å²) >= 11 is 0. The first-order chi connectivity index (χ1) is 5.87. The fraction of sp³-hybridized carbons (Fsp3) is 0.500. The maximum atomic E-state index is 9.22. The van der Waals surface area contributed by atoms with E-state index in [1.165, 1.54) is 5.82 Å². The van der Waals surface area contributed by atoms with Crippen LogP contribution in [-0.2, 0) is 21.6 Å². The van der Waals surface area contributed by atoms with Gasteiger partial charge in [0.2, 0.25) is 10.4 Å². The number of imidazole rings is 1. The van der Waals surface area contributed by atoms with Crippen molar-refractivity contribution in [3.05, 3.63) is 18.2 Å². The maximum Gasteiger partial charge on any atom is 0.250 e. The lowest BCUT2D eigenvalue weighted by atomic mass is 10.7. The average molecular weight is 208 g/mol. The monoisotopic (exact) mass is 208 g/mol. The van der Waals surface area contributed by atoms with Gasteiger partial charge in [-0.2, -0.15) is 0 Å². The second-order valence-electron chi connectivity index (χ2n) is 2.23. The van der Waals surface area contributed by atoms with Gasteiger partial charge in [0.1, 0.15) is 12.4 Å². The summed E-state index contributed by atoms with van der Waals surface area (Å²) in [5, 5.41) is 0. The van der Waals surface area contributed by atoms with Crippen LogP contribution in [0.3, 0.4) is 0 Å². The molecule has 0 spiro atoms. The highest BCUT2D eigenvalue weighted by atomic mass is 32.3. The third-order valence-corrected chi connectivity index (χ3v) is 1.73. The van der Waals surface area contributed by atoms with Crippen molar-refractivity contribution in [3.8, 4) is 0 Å². The lowest BCUT2D eigenvalue weighted by molar-refractivity contribution is -0.676. The third-order valence-electron chi connectivity index (χ3n) is 1.32. The van der Waals surface area contributed by atoms with E-state index in [9.17, 15) is 13.0 Å². The SMILES string of the molecule is COS(=O)(=O)[O-].Cc1[nH]cc[n+]1C. The summed E-state index contributed by atoms with van der Waals surface area (Å²) < 4.78 is 33.0. The molecule has 0 bridgehead atoms. The first-order valence-corrected chi connectivity index (χ1v) is 4.71. The summed E-state index contributed by atoms with van der Waals surface area (Å²) in [5.74, 6) is 1.18. The minimum absolute atomic E-state index is 0.808. The average Bonchev–Trinajstić information content (AvgIpc) is 2.36. The Bertz CT molecular complexity index is 327. The molecule has 0 aliphatic carbocycles. The summed E-state index contributed by atoms with van der Waals surface area (Å²) in [6, 6.07) is 0. The van der Waals surface area contributed by atoms with Crippen LogP contribution in [0.2, 0.25) is 0 Å². The molecule has 0 aliphatic rings. The number of H-pyrrole nitrogens is 1. The van der Waals surface area contributed by atoms with E-state index in [4.69, 9.17) is 0 Å². The van der Waals surface area contributed by atoms with Gasteiger partial charge in [0, 0.05) is 6.92 Å². The number of aromatic nitrogens is 2. The number of rotatable bonds is 1. The molecule has 1 aromatic heterocycles. The maximum absolute atomic E-state index is 9.22. The largest absolute Gasteiger partial charge is 0.726 e. The molecule has 0 aliphatic heterocycles. The van der Waals surface area contributed by atoms with E-state index >= 15 is 0 Å². The van der Waals surface area contributed by atoms with E-state index < -0.39 is 10.4 Å². The molecule has 0 saturated carbocycles. The van der Waals surface area contributed by atoms with E-state index in [0.717, 1.165) is 7.11 Å². The number of aromatic amines is 1. The second-order valence-corrected chi connectivity index (χ2v) is 3.38. The van der Waals surface area contributed by atoms with Gasteiger partial charge in [-0.1, -0.05) is 0 Å². The Balaban J connectivity index is 0.000000226. The minimum Gasteiger partial charge on any atom is -0.726 e. The molecule has 1 aromatic rings. The normalized spacial score (nSPS) is 10.5. The Labute approximate surface area is 77.1 Å². The molecule has 6 nitrogen and oxygen atoms in total. The Hall–Kier alpha value is -0.920. The molecule has 76 valence electrons. The summed E-state index contributed by atoms with van der Waals surface area (Å²) in [7, 11) is -1.60. The van der Waals surface area contributed by atoms with Gasteiger partial charge in [-0.15, -0.1) is 0 Å². The molecule has 0 aromatic carbocycles. The van der Waals surface area contributed by atoms with Crippen molar-refractivity contribution in [2.45, 2.75) is 6.92 Å². The molecule has 0 fully saturated rings. The van der Waals surface area contributed by atoms with Crippen LogP contribution in [0.4, 0.5) is 0 Å². The predicted molar refractivity (Wildman–Crippen MR) is 43.4 cm³/mol. The first-order valence-electron chi connectivity index (χ1n) is 3.38. The van der Waals surface area contributed by atoms with Gasteiger partial charge in [0.25, 0.3) is 5.82 Å². The van der Waals surface area contributed by atoms with Crippen molar-refractivity contribution in [3.63, 3.8) is 0 Å². The van der Waals surface area contributed by atoms with Gasteiger partial charge in [-0.25, -0.2) is 18.0 Å². The van der Waals surface area contributed by atoms with E-state index in [-0.39, 0.29) is 0 Å². The van der Waals surface area contributed by atoms with Crippen LogP contribution in [0.5, 0.6) is 0 Å². The number of nitrogens with zero attached hydrogens (tertiary/aromatic N) is 1. The smallest absolute Gasteiger partial charge is 0.250 e. The zero-order valence-electron chi connectivity index (χ0n) is 7.64. The highest BCUT2D eigenvalue weighted by Gasteiger charge is 1.93. The molecule has 1 N–H and O–H groups in total. The lowest BCUT2D eigenvalue weighted by Crippen LogP contribution is -2.27. The van der Waals surface area contributed by atoms with Crippen molar-refractivity contribution in [1.29, 1.82) is 0 Å². The number of hydrogen-bond donors (Lipinski definition) is 1. The molecule has 0 amide bonds. The molecular formula is C6H12N2O4S. The molecule has 1 rings (SSSR count). The zero-order valence-corrected chi connectivity index (χ0v) is 8.46. The van der Waals surface area contributed by atoms with Crippen LogP contribution in [-0.4, -0.2) is 25.1 Å². The van der Waals surface area contributed by atoms with E-state index in [0.29, 0.717) is 0 Å². The summed E-state index contributed by atoms with van der Waals surface area (Å²) in [5.41, 5.74) is 0. The summed E-state index contributed by atoms with van der Waals surface area (Å²) in [4.78, 5) is 3.03. The van der Waals surface area contributed by atoms with Gasteiger partial charge in [-0.3, -0.25) is 4.18 Å². The number of hydrogen-bond acceptors (Lipinski definition) is 4. The molecule has 7 heteroatoms. The second kappa shape index (κ2) is 4.95. The Morgan fingerprint density at radius 1 is 1.62 bits per heavy atom. The fourth-order valence-corrected chi connectivity index (χ4v) is 0.483. The standard InChI is InChI=1S/C5H8N2.CH4O4S/c1-5-6-3-4-7(5)2;1-5-6(2,3)4/h3-4H,1-2H3;1H3,(H,2,3,4). The molecular weight excluding hydrogens is 196 g/mol. The topological polar surface area (TPSA) is 86.1 Å². The quantitative estimate of drug-likeness (QED) is 0.373. The predicted octanol–water partition coefficient (Wildman–Crippen LogP) is -0.759. The van der Waals surface area contributed by atoms with Gasteiger partial charge in [0.15, 0.2) is 0 Å². The van der Waals surface area contributed by atoms with Gasteiger partial charge >= 0.3 is 0 Å². The molecule has 1 heterocycles. The molecule has 0 radical (unpaired) electrons. The molecule has 13 heavy (non-hydrogen) atoms. The Kier molecular flexibility index (Phi) is 4.60. The molecule has 0 atom stereocenters. The third kappa shape index (κ3) is 6.26. The summed E-state index contributed by atoms with van der Waals surface area (Å²) in [6.45, 7) is 2.03. The van der Waals surface area contributed by atoms with Crippen LogP contribution in [0.15, 0.2) is 12.4 Å². The van der Waals surface area contributed by atoms with Crippen LogP contribution in [0.25, 0.3) is 0 Å². The van der Waals surface area contributed by atoms with Crippen LogP contribution < -0.4 is 4.57 Å². The highest BCUT2D eigenvalue weighted by molar-refractivity contribution is 7.80. The highest BCUT2D eigenvalue weighted by Crippen LogP contribution is 1.75. The van der Waals surface area contributed by atoms with Gasteiger partial charge in [0.05, 0.1) is 14.2 Å². The van der Waals surface area contributed by atoms with Crippen molar-refractivity contribution in [1.82, 2.24) is 4.98 Å². The van der Waals surface area contributed by atoms with E-state index in [1.807, 2.05) is 30.9 Å². The number of aryl methyl sites for hydroxylation is 2. The lowest BCUT2D eigenvalue weighted by Gasteiger charge is -1.98. The molecule has 0 unspecified atom stereocenters. The van der Waals surface area contributed by atoms with Gasteiger partial charge in [-0.05, 0) is 0 Å². The zero-order chi connectivity index (χ0) is 10.5. The Morgan fingerprint density at radius 3 is 2.15 bits per heavy atom. The van der Waals surface area contributed by atoms with Crippen molar-refractivity contribution in [2.24, 2.45) is 7.05 Å². The van der Waals surface area contributed by atoms with Crippen LogP contribution >= 0.6 is 0 Å². The first kappa shape index (κ1) is 12.1. The fourth-order valence-electron chi connectivity index (χ4n) is 0.483. The van der Waals surface area contributed by atoms with Crippen molar-refractivity contribution < 1.29 is 21.7 Å².